The number of carboxylic acids is 1. The lowest BCUT2D eigenvalue weighted by molar-refractivity contribution is -0.137. The normalized spacial score (nSPS) is 12.4. The van der Waals surface area contributed by atoms with E-state index in [9.17, 15) is 4.79 Å². The van der Waals surface area contributed by atoms with Crippen molar-refractivity contribution in [1.82, 2.24) is 0 Å². The van der Waals surface area contributed by atoms with Gasteiger partial charge in [-0.2, -0.15) is 0 Å². The maximum atomic E-state index is 10.4. The molecule has 3 heteroatoms. The van der Waals surface area contributed by atoms with Gasteiger partial charge in [-0.15, -0.1) is 0 Å². The molecule has 162 valence electrons. The van der Waals surface area contributed by atoms with Gasteiger partial charge >= 0.3 is 5.97 Å². The molecule has 27 heavy (non-hydrogen) atoms. The molecule has 0 aromatic rings. The molecule has 0 spiro atoms. The van der Waals surface area contributed by atoms with Crippen LogP contribution in [-0.2, 0) is 4.79 Å². The van der Waals surface area contributed by atoms with E-state index in [0.29, 0.717) is 12.5 Å². The van der Waals surface area contributed by atoms with E-state index in [1.54, 1.807) is 0 Å². The molecule has 0 aliphatic heterocycles. The predicted octanol–water partition coefficient (Wildman–Crippen LogP) is 7.61. The Labute approximate surface area is 169 Å². The van der Waals surface area contributed by atoms with Crippen LogP contribution in [0.5, 0.6) is 0 Å². The third-order valence-electron chi connectivity index (χ3n) is 5.64. The Bertz CT molecular complexity index is 307. The van der Waals surface area contributed by atoms with Gasteiger partial charge in [-0.05, 0) is 19.3 Å². The number of unbranched alkanes of at least 4 members (excludes halogenated alkanes) is 16. The molecule has 0 aliphatic carbocycles. The Morgan fingerprint density at radius 2 is 0.963 bits per heavy atom. The number of hydrogen-bond donors (Lipinski definition) is 2. The number of nitrogens with two attached hydrogens (primary N) is 1. The highest BCUT2D eigenvalue weighted by Crippen LogP contribution is 2.15. The second-order valence-electron chi connectivity index (χ2n) is 8.49. The van der Waals surface area contributed by atoms with Crippen molar-refractivity contribution in [3.05, 3.63) is 0 Å². The Morgan fingerprint density at radius 3 is 1.33 bits per heavy atom. The predicted molar refractivity (Wildman–Crippen MR) is 118 cm³/mol. The largest absolute Gasteiger partial charge is 0.481 e. The molecule has 0 amide bonds. The maximum absolute atomic E-state index is 10.4. The molecular weight excluding hydrogens is 334 g/mol. The number of carbonyl (C=O) groups is 1. The minimum Gasteiger partial charge on any atom is -0.481 e. The van der Waals surface area contributed by atoms with Crippen LogP contribution in [0.25, 0.3) is 0 Å². The Hall–Kier alpha value is -0.570. The molecule has 0 bridgehead atoms. The molecule has 0 aromatic carbocycles. The third kappa shape index (κ3) is 23.4. The molecule has 0 aromatic heterocycles. The van der Waals surface area contributed by atoms with Crippen LogP contribution in [0.3, 0.4) is 0 Å². The average molecular weight is 384 g/mol. The van der Waals surface area contributed by atoms with Crippen LogP contribution in [0.1, 0.15) is 142 Å². The number of hydrogen-bond acceptors (Lipinski definition) is 2. The molecule has 1 atom stereocenters. The van der Waals surface area contributed by atoms with Crippen molar-refractivity contribution in [1.29, 1.82) is 0 Å². The van der Waals surface area contributed by atoms with Gasteiger partial charge in [-0.3, -0.25) is 4.79 Å². The summed E-state index contributed by atoms with van der Waals surface area (Å²) >= 11 is 0. The van der Waals surface area contributed by atoms with Crippen LogP contribution in [0, 0.1) is 0 Å². The van der Waals surface area contributed by atoms with E-state index in [0.717, 1.165) is 12.8 Å². The van der Waals surface area contributed by atoms with Crippen molar-refractivity contribution >= 4 is 5.97 Å². The minimum absolute atomic E-state index is 0.337. The molecule has 0 heterocycles. The molecule has 0 saturated carbocycles. The fourth-order valence-corrected chi connectivity index (χ4v) is 3.78. The van der Waals surface area contributed by atoms with Crippen LogP contribution >= 0.6 is 0 Å². The zero-order valence-corrected chi connectivity index (χ0v) is 18.4. The molecule has 0 aliphatic rings. The molecule has 3 N–H and O–H groups in total. The van der Waals surface area contributed by atoms with Crippen molar-refractivity contribution in [2.75, 3.05) is 0 Å². The first-order chi connectivity index (χ1) is 13.2. The fourth-order valence-electron chi connectivity index (χ4n) is 3.78. The van der Waals surface area contributed by atoms with Crippen LogP contribution in [0.15, 0.2) is 0 Å². The maximum Gasteiger partial charge on any atom is 0.303 e. The van der Waals surface area contributed by atoms with Crippen LogP contribution in [0.4, 0.5) is 0 Å². The molecule has 0 saturated heterocycles. The summed E-state index contributed by atoms with van der Waals surface area (Å²) < 4.78 is 0. The Morgan fingerprint density at radius 1 is 0.630 bits per heavy atom. The summed E-state index contributed by atoms with van der Waals surface area (Å²) in [5.41, 5.74) is 6.24. The number of rotatable bonds is 22. The average Bonchev–Trinajstić information content (AvgIpc) is 2.64. The second kappa shape index (κ2) is 21.7. The summed E-state index contributed by atoms with van der Waals surface area (Å²) in [6, 6.07) is 0.437. The van der Waals surface area contributed by atoms with Crippen molar-refractivity contribution in [3.8, 4) is 0 Å². The lowest BCUT2D eigenvalue weighted by Gasteiger charge is -2.11. The van der Waals surface area contributed by atoms with E-state index in [1.165, 1.54) is 116 Å². The first-order valence-electron chi connectivity index (χ1n) is 12.1. The van der Waals surface area contributed by atoms with E-state index in [-0.39, 0.29) is 0 Å². The van der Waals surface area contributed by atoms with Gasteiger partial charge in [0.25, 0.3) is 0 Å². The summed E-state index contributed by atoms with van der Waals surface area (Å²) in [5.74, 6) is -0.658. The van der Waals surface area contributed by atoms with E-state index in [2.05, 4.69) is 6.92 Å². The van der Waals surface area contributed by atoms with E-state index in [4.69, 9.17) is 10.8 Å². The van der Waals surface area contributed by atoms with E-state index in [1.807, 2.05) is 0 Å². The summed E-state index contributed by atoms with van der Waals surface area (Å²) in [6.07, 6.45) is 26.2. The van der Waals surface area contributed by atoms with Gasteiger partial charge in [-0.1, -0.05) is 116 Å². The molecular formula is C24H49NO2. The molecule has 0 fully saturated rings. The zero-order chi connectivity index (χ0) is 20.0. The Balaban J connectivity index is 3.12. The SMILES string of the molecule is CCCCCCCCC(N)CCCCCCCCCCCCCCC(=O)O. The minimum atomic E-state index is -0.658. The first kappa shape index (κ1) is 26.4. The van der Waals surface area contributed by atoms with Crippen LogP contribution in [-0.4, -0.2) is 17.1 Å². The highest BCUT2D eigenvalue weighted by molar-refractivity contribution is 5.66. The number of aliphatic carboxylic acids is 1. The van der Waals surface area contributed by atoms with Crippen molar-refractivity contribution < 1.29 is 9.90 Å². The highest BCUT2D eigenvalue weighted by Gasteiger charge is 2.02. The van der Waals surface area contributed by atoms with Gasteiger partial charge in [-0.25, -0.2) is 0 Å². The third-order valence-corrected chi connectivity index (χ3v) is 5.64. The smallest absolute Gasteiger partial charge is 0.303 e. The Kier molecular flexibility index (Phi) is 21.3. The van der Waals surface area contributed by atoms with Crippen LogP contribution < -0.4 is 5.73 Å². The van der Waals surface area contributed by atoms with E-state index < -0.39 is 5.97 Å². The number of carboxylic acid groups (broad SMARTS) is 1. The molecule has 3 nitrogen and oxygen atoms in total. The zero-order valence-electron chi connectivity index (χ0n) is 18.4. The highest BCUT2D eigenvalue weighted by atomic mass is 16.4. The quantitative estimate of drug-likeness (QED) is 0.189. The van der Waals surface area contributed by atoms with Gasteiger partial charge in [0.1, 0.15) is 0 Å². The molecule has 0 rings (SSSR count). The van der Waals surface area contributed by atoms with Gasteiger partial charge in [0.05, 0.1) is 0 Å². The van der Waals surface area contributed by atoms with Gasteiger partial charge < -0.3 is 10.8 Å². The van der Waals surface area contributed by atoms with Gasteiger partial charge in [0.15, 0.2) is 0 Å². The first-order valence-corrected chi connectivity index (χ1v) is 12.1. The van der Waals surface area contributed by atoms with Crippen molar-refractivity contribution in [3.63, 3.8) is 0 Å². The van der Waals surface area contributed by atoms with Crippen molar-refractivity contribution in [2.45, 2.75) is 148 Å². The standard InChI is InChI=1S/C24H49NO2/c1-2-3-4-5-14-17-20-23(25)21-18-15-12-10-8-6-7-9-11-13-16-19-22-24(26)27/h23H,2-22,25H2,1H3,(H,26,27). The summed E-state index contributed by atoms with van der Waals surface area (Å²) in [7, 11) is 0. The topological polar surface area (TPSA) is 63.3 Å². The molecule has 0 radical (unpaired) electrons. The van der Waals surface area contributed by atoms with Gasteiger partial charge in [0.2, 0.25) is 0 Å². The lowest BCUT2D eigenvalue weighted by Crippen LogP contribution is -2.19. The van der Waals surface area contributed by atoms with Crippen LogP contribution in [0.2, 0.25) is 0 Å². The van der Waals surface area contributed by atoms with Crippen molar-refractivity contribution in [2.24, 2.45) is 5.73 Å². The summed E-state index contributed by atoms with van der Waals surface area (Å²) in [4.78, 5) is 10.4. The second-order valence-corrected chi connectivity index (χ2v) is 8.49. The van der Waals surface area contributed by atoms with Gasteiger partial charge in [0, 0.05) is 12.5 Å². The summed E-state index contributed by atoms with van der Waals surface area (Å²) in [6.45, 7) is 2.27. The fraction of sp³-hybridized carbons (Fsp3) is 0.958. The van der Waals surface area contributed by atoms with E-state index >= 15 is 0 Å². The lowest BCUT2D eigenvalue weighted by atomic mass is 10.0. The molecule has 1 unspecified atom stereocenters. The monoisotopic (exact) mass is 383 g/mol. The summed E-state index contributed by atoms with van der Waals surface area (Å²) in [5, 5.41) is 8.58.